The number of hydrogen-bond acceptors (Lipinski definition) is 4. The molecule has 2 aromatic rings. The number of carboxylic acid groups (broad SMARTS) is 1. The van der Waals surface area contributed by atoms with Gasteiger partial charge in [-0.2, -0.15) is 5.10 Å². The lowest BCUT2D eigenvalue weighted by Crippen LogP contribution is -2.41. The number of anilines is 1. The Hall–Kier alpha value is -2.11. The largest absolute Gasteiger partial charge is 0.480 e. The van der Waals surface area contributed by atoms with Gasteiger partial charge in [0.15, 0.2) is 5.65 Å². The van der Waals surface area contributed by atoms with E-state index in [4.69, 9.17) is 0 Å². The molecule has 1 aliphatic heterocycles. The van der Waals surface area contributed by atoms with Crippen LogP contribution in [-0.4, -0.2) is 38.3 Å². The summed E-state index contributed by atoms with van der Waals surface area (Å²) >= 11 is 0. The molecule has 0 amide bonds. The Morgan fingerprint density at radius 3 is 3.05 bits per heavy atom. The van der Waals surface area contributed by atoms with Gasteiger partial charge in [0.05, 0.1) is 6.20 Å². The average Bonchev–Trinajstić information content (AvgIpc) is 2.72. The number of aromatic nitrogens is 3. The topological polar surface area (TPSA) is 70.7 Å². The van der Waals surface area contributed by atoms with Crippen LogP contribution < -0.4 is 4.90 Å². The van der Waals surface area contributed by atoms with Gasteiger partial charge in [0.25, 0.3) is 0 Å². The fourth-order valence-electron chi connectivity index (χ4n) is 2.60. The highest BCUT2D eigenvalue weighted by Gasteiger charge is 2.28. The normalized spacial score (nSPS) is 20.4. The Morgan fingerprint density at radius 2 is 2.21 bits per heavy atom. The number of fused-ring (bicyclic) bond motifs is 1. The Kier molecular flexibility index (Phi) is 3.06. The number of carboxylic acids is 1. The molecule has 100 valence electrons. The monoisotopic (exact) mass is 260 g/mol. The molecule has 1 aliphatic rings. The molecule has 1 atom stereocenters. The van der Waals surface area contributed by atoms with E-state index in [2.05, 4.69) is 10.1 Å². The molecule has 3 rings (SSSR count). The lowest BCUT2D eigenvalue weighted by atomic mass is 10.1. The summed E-state index contributed by atoms with van der Waals surface area (Å²) in [6, 6.07) is 3.18. The van der Waals surface area contributed by atoms with E-state index < -0.39 is 12.0 Å². The van der Waals surface area contributed by atoms with E-state index in [1.54, 1.807) is 10.7 Å². The lowest BCUT2D eigenvalue weighted by molar-refractivity contribution is -0.138. The van der Waals surface area contributed by atoms with Crippen molar-refractivity contribution in [1.82, 2.24) is 14.6 Å². The summed E-state index contributed by atoms with van der Waals surface area (Å²) in [5.74, 6) is -0.0422. The van der Waals surface area contributed by atoms with Crippen molar-refractivity contribution in [3.8, 4) is 0 Å². The van der Waals surface area contributed by atoms with Gasteiger partial charge in [0.2, 0.25) is 0 Å². The number of hydrogen-bond donors (Lipinski definition) is 1. The van der Waals surface area contributed by atoms with Gasteiger partial charge in [0, 0.05) is 18.8 Å². The SMILES string of the molecule is O=C(O)C1CCCCCN1c1ccn2nccc2n1. The van der Waals surface area contributed by atoms with Gasteiger partial charge < -0.3 is 10.0 Å². The molecule has 1 unspecified atom stereocenters. The third-order valence-electron chi connectivity index (χ3n) is 3.58. The van der Waals surface area contributed by atoms with Crippen LogP contribution in [0.1, 0.15) is 25.7 Å². The van der Waals surface area contributed by atoms with E-state index in [0.29, 0.717) is 6.42 Å². The van der Waals surface area contributed by atoms with Crippen LogP contribution in [-0.2, 0) is 4.79 Å². The van der Waals surface area contributed by atoms with Crippen molar-refractivity contribution >= 4 is 17.4 Å². The van der Waals surface area contributed by atoms with Crippen LogP contribution in [0, 0.1) is 0 Å². The third-order valence-corrected chi connectivity index (χ3v) is 3.58. The number of nitrogens with zero attached hydrogens (tertiary/aromatic N) is 4. The maximum absolute atomic E-state index is 11.4. The fourth-order valence-corrected chi connectivity index (χ4v) is 2.60. The molecule has 2 aromatic heterocycles. The molecule has 19 heavy (non-hydrogen) atoms. The molecular formula is C13H16N4O2. The van der Waals surface area contributed by atoms with Gasteiger partial charge in [-0.3, -0.25) is 0 Å². The first-order valence-electron chi connectivity index (χ1n) is 6.55. The number of carbonyl (C=O) groups is 1. The molecule has 0 bridgehead atoms. The lowest BCUT2D eigenvalue weighted by Gasteiger charge is -2.27. The third kappa shape index (κ3) is 2.25. The van der Waals surface area contributed by atoms with Crippen LogP contribution in [0.25, 0.3) is 5.65 Å². The Morgan fingerprint density at radius 1 is 1.32 bits per heavy atom. The number of aliphatic carboxylic acids is 1. The minimum atomic E-state index is -0.767. The van der Waals surface area contributed by atoms with Gasteiger partial charge in [-0.25, -0.2) is 14.3 Å². The van der Waals surface area contributed by atoms with Gasteiger partial charge in [-0.05, 0) is 18.9 Å². The van der Waals surface area contributed by atoms with Crippen molar-refractivity contribution in [2.75, 3.05) is 11.4 Å². The highest BCUT2D eigenvalue weighted by atomic mass is 16.4. The van der Waals surface area contributed by atoms with Crippen molar-refractivity contribution in [2.45, 2.75) is 31.7 Å². The standard InChI is InChI=1S/C13H16N4O2/c18-13(19)10-4-2-1-3-8-16(10)11-6-9-17-12(15-11)5-7-14-17/h5-7,9-10H,1-4,8H2,(H,18,19). The average molecular weight is 260 g/mol. The summed E-state index contributed by atoms with van der Waals surface area (Å²) in [5, 5.41) is 13.5. The summed E-state index contributed by atoms with van der Waals surface area (Å²) in [6.45, 7) is 0.744. The van der Waals surface area contributed by atoms with Crippen LogP contribution >= 0.6 is 0 Å². The Balaban J connectivity index is 1.98. The highest BCUT2D eigenvalue weighted by molar-refractivity contribution is 5.78. The maximum atomic E-state index is 11.4. The zero-order chi connectivity index (χ0) is 13.2. The van der Waals surface area contributed by atoms with E-state index in [1.165, 1.54) is 0 Å². The summed E-state index contributed by atoms with van der Waals surface area (Å²) < 4.78 is 1.68. The molecule has 1 saturated heterocycles. The van der Waals surface area contributed by atoms with Crippen LogP contribution in [0.4, 0.5) is 5.82 Å². The Bertz CT molecular complexity index is 595. The first-order chi connectivity index (χ1) is 9.25. The van der Waals surface area contributed by atoms with Crippen molar-refractivity contribution < 1.29 is 9.90 Å². The predicted molar refractivity (Wildman–Crippen MR) is 70.2 cm³/mol. The molecule has 3 heterocycles. The zero-order valence-electron chi connectivity index (χ0n) is 10.6. The maximum Gasteiger partial charge on any atom is 0.326 e. The molecule has 6 heteroatoms. The van der Waals surface area contributed by atoms with Crippen LogP contribution in [0.5, 0.6) is 0 Å². The van der Waals surface area contributed by atoms with E-state index in [0.717, 1.165) is 37.3 Å². The molecule has 1 fully saturated rings. The van der Waals surface area contributed by atoms with Gasteiger partial charge in [-0.15, -0.1) is 0 Å². The molecule has 0 radical (unpaired) electrons. The van der Waals surface area contributed by atoms with Crippen molar-refractivity contribution in [1.29, 1.82) is 0 Å². The quantitative estimate of drug-likeness (QED) is 0.887. The second-order valence-corrected chi connectivity index (χ2v) is 4.82. The molecule has 0 spiro atoms. The fraction of sp³-hybridized carbons (Fsp3) is 0.462. The Labute approximate surface area is 110 Å². The number of rotatable bonds is 2. The van der Waals surface area contributed by atoms with Crippen molar-refractivity contribution in [3.05, 3.63) is 24.5 Å². The second-order valence-electron chi connectivity index (χ2n) is 4.82. The summed E-state index contributed by atoms with van der Waals surface area (Å²) in [5.41, 5.74) is 0.742. The summed E-state index contributed by atoms with van der Waals surface area (Å²) in [6.07, 6.45) is 7.24. The molecular weight excluding hydrogens is 244 g/mol. The summed E-state index contributed by atoms with van der Waals surface area (Å²) in [7, 11) is 0. The van der Waals surface area contributed by atoms with E-state index >= 15 is 0 Å². The molecule has 6 nitrogen and oxygen atoms in total. The van der Waals surface area contributed by atoms with Gasteiger partial charge >= 0.3 is 5.97 Å². The molecule has 0 aliphatic carbocycles. The first kappa shape index (κ1) is 12.0. The van der Waals surface area contributed by atoms with E-state index in [1.807, 2.05) is 23.2 Å². The van der Waals surface area contributed by atoms with E-state index in [9.17, 15) is 9.90 Å². The molecule has 0 saturated carbocycles. The second kappa shape index (κ2) is 4.87. The van der Waals surface area contributed by atoms with Crippen LogP contribution in [0.15, 0.2) is 24.5 Å². The van der Waals surface area contributed by atoms with Gasteiger partial charge in [-0.1, -0.05) is 12.8 Å². The molecule has 0 aromatic carbocycles. The smallest absolute Gasteiger partial charge is 0.326 e. The molecule has 1 N–H and O–H groups in total. The minimum absolute atomic E-state index is 0.472. The summed E-state index contributed by atoms with van der Waals surface area (Å²) in [4.78, 5) is 17.8. The van der Waals surface area contributed by atoms with Crippen LogP contribution in [0.3, 0.4) is 0 Å². The highest BCUT2D eigenvalue weighted by Crippen LogP contribution is 2.23. The van der Waals surface area contributed by atoms with Crippen molar-refractivity contribution in [2.24, 2.45) is 0 Å². The van der Waals surface area contributed by atoms with Crippen LogP contribution in [0.2, 0.25) is 0 Å². The minimum Gasteiger partial charge on any atom is -0.480 e. The van der Waals surface area contributed by atoms with E-state index in [-0.39, 0.29) is 0 Å². The van der Waals surface area contributed by atoms with Gasteiger partial charge in [0.1, 0.15) is 11.9 Å². The van der Waals surface area contributed by atoms with Crippen molar-refractivity contribution in [3.63, 3.8) is 0 Å². The first-order valence-corrected chi connectivity index (χ1v) is 6.55. The predicted octanol–water partition coefficient (Wildman–Crippen LogP) is 1.56. The zero-order valence-corrected chi connectivity index (χ0v) is 10.6.